The van der Waals surface area contributed by atoms with Crippen LogP contribution in [0.15, 0.2) is 18.2 Å². The van der Waals surface area contributed by atoms with Crippen LogP contribution in [0.25, 0.3) is 0 Å². The van der Waals surface area contributed by atoms with Crippen LogP contribution in [-0.2, 0) is 4.74 Å². The van der Waals surface area contributed by atoms with E-state index in [9.17, 15) is 4.39 Å². The molecule has 0 aliphatic heterocycles. The number of rotatable bonds is 9. The van der Waals surface area contributed by atoms with Crippen LogP contribution in [0.2, 0.25) is 0 Å². The molecule has 1 unspecified atom stereocenters. The number of hydrogen-bond acceptors (Lipinski definition) is 3. The van der Waals surface area contributed by atoms with Crippen LogP contribution in [0.5, 0.6) is 0 Å². The molecule has 1 aromatic carbocycles. The van der Waals surface area contributed by atoms with E-state index in [1.165, 1.54) is 6.07 Å². The van der Waals surface area contributed by atoms with Crippen LogP contribution in [0.4, 0.5) is 10.1 Å². The predicted molar refractivity (Wildman–Crippen MR) is 82.9 cm³/mol. The third-order valence-corrected chi connectivity index (χ3v) is 3.41. The second-order valence-corrected chi connectivity index (χ2v) is 5.15. The molecule has 3 nitrogen and oxygen atoms in total. The number of nitrogens with zero attached hydrogens (tertiary/aromatic N) is 1. The lowest BCUT2D eigenvalue weighted by molar-refractivity contribution is 0.196. The molecule has 0 bridgehead atoms. The van der Waals surface area contributed by atoms with E-state index in [1.807, 2.05) is 13.1 Å². The van der Waals surface area contributed by atoms with Gasteiger partial charge in [0, 0.05) is 39.0 Å². The van der Waals surface area contributed by atoms with Crippen LogP contribution < -0.4 is 10.2 Å². The molecule has 0 saturated heterocycles. The Hall–Kier alpha value is -1.13. The van der Waals surface area contributed by atoms with Crippen LogP contribution in [0.1, 0.15) is 38.3 Å². The fourth-order valence-corrected chi connectivity index (χ4v) is 2.26. The molecule has 1 N–H and O–H groups in total. The number of nitrogens with one attached hydrogen (secondary N) is 1. The Morgan fingerprint density at radius 2 is 2.15 bits per heavy atom. The molecular formula is C16H27FN2O. The third kappa shape index (κ3) is 5.10. The van der Waals surface area contributed by atoms with Crippen molar-refractivity contribution in [3.63, 3.8) is 0 Å². The number of ether oxygens (including phenoxy) is 1. The lowest BCUT2D eigenvalue weighted by atomic mass is 10.0. The molecule has 0 aromatic heterocycles. The standard InChI is InChI=1S/C16H27FN2O/c1-5-9-18-13(2)15-12-14(17)7-8-16(15)19(3)10-6-11-20-4/h7-8,12-13,18H,5-6,9-11H2,1-4H3. The highest BCUT2D eigenvalue weighted by Gasteiger charge is 2.14. The molecule has 0 fully saturated rings. The highest BCUT2D eigenvalue weighted by Crippen LogP contribution is 2.26. The van der Waals surface area contributed by atoms with Crippen molar-refractivity contribution in [2.45, 2.75) is 32.7 Å². The quantitative estimate of drug-likeness (QED) is 0.703. The number of benzene rings is 1. The van der Waals surface area contributed by atoms with Gasteiger partial charge in [-0.1, -0.05) is 6.92 Å². The van der Waals surface area contributed by atoms with Crippen LogP contribution in [0, 0.1) is 5.82 Å². The number of methoxy groups -OCH3 is 1. The molecule has 114 valence electrons. The zero-order valence-corrected chi connectivity index (χ0v) is 13.1. The average Bonchev–Trinajstić information content (AvgIpc) is 2.44. The molecule has 0 spiro atoms. The van der Waals surface area contributed by atoms with Gasteiger partial charge in [0.1, 0.15) is 5.82 Å². The first-order valence-corrected chi connectivity index (χ1v) is 7.33. The summed E-state index contributed by atoms with van der Waals surface area (Å²) in [6.07, 6.45) is 2.03. The van der Waals surface area contributed by atoms with Crippen molar-refractivity contribution in [3.05, 3.63) is 29.6 Å². The summed E-state index contributed by atoms with van der Waals surface area (Å²) in [5.41, 5.74) is 2.09. The van der Waals surface area contributed by atoms with E-state index in [-0.39, 0.29) is 11.9 Å². The van der Waals surface area contributed by atoms with Crippen molar-refractivity contribution in [1.82, 2.24) is 5.32 Å². The Morgan fingerprint density at radius 3 is 2.80 bits per heavy atom. The molecule has 0 amide bonds. The minimum Gasteiger partial charge on any atom is -0.385 e. The van der Waals surface area contributed by atoms with Crippen molar-refractivity contribution in [1.29, 1.82) is 0 Å². The molecule has 0 heterocycles. The largest absolute Gasteiger partial charge is 0.385 e. The first-order valence-electron chi connectivity index (χ1n) is 7.33. The Labute approximate surface area is 122 Å². The van der Waals surface area contributed by atoms with Gasteiger partial charge in [-0.2, -0.15) is 0 Å². The molecule has 0 aliphatic rings. The Morgan fingerprint density at radius 1 is 1.40 bits per heavy atom. The van der Waals surface area contributed by atoms with E-state index in [0.29, 0.717) is 0 Å². The fourth-order valence-electron chi connectivity index (χ4n) is 2.26. The normalized spacial score (nSPS) is 12.4. The fraction of sp³-hybridized carbons (Fsp3) is 0.625. The van der Waals surface area contributed by atoms with E-state index in [0.717, 1.165) is 43.8 Å². The van der Waals surface area contributed by atoms with E-state index >= 15 is 0 Å². The van der Waals surface area contributed by atoms with E-state index in [1.54, 1.807) is 13.2 Å². The molecule has 0 saturated carbocycles. The van der Waals surface area contributed by atoms with Crippen molar-refractivity contribution >= 4 is 5.69 Å². The van der Waals surface area contributed by atoms with E-state index in [4.69, 9.17) is 4.74 Å². The highest BCUT2D eigenvalue weighted by atomic mass is 19.1. The van der Waals surface area contributed by atoms with Gasteiger partial charge in [-0.25, -0.2) is 4.39 Å². The molecule has 1 rings (SSSR count). The summed E-state index contributed by atoms with van der Waals surface area (Å²) in [6.45, 7) is 6.78. The molecule has 4 heteroatoms. The van der Waals surface area contributed by atoms with Gasteiger partial charge in [-0.15, -0.1) is 0 Å². The molecule has 20 heavy (non-hydrogen) atoms. The molecule has 0 radical (unpaired) electrons. The maximum absolute atomic E-state index is 13.5. The Bertz CT molecular complexity index is 398. The summed E-state index contributed by atoms with van der Waals surface area (Å²) in [5, 5.41) is 3.42. The maximum Gasteiger partial charge on any atom is 0.123 e. The van der Waals surface area contributed by atoms with Crippen LogP contribution >= 0.6 is 0 Å². The van der Waals surface area contributed by atoms with Gasteiger partial charge < -0.3 is 15.0 Å². The SMILES string of the molecule is CCCNC(C)c1cc(F)ccc1N(C)CCCOC. The lowest BCUT2D eigenvalue weighted by Crippen LogP contribution is -2.25. The topological polar surface area (TPSA) is 24.5 Å². The third-order valence-electron chi connectivity index (χ3n) is 3.41. The van der Waals surface area contributed by atoms with Gasteiger partial charge in [0.25, 0.3) is 0 Å². The first kappa shape index (κ1) is 16.9. The maximum atomic E-state index is 13.5. The van der Waals surface area contributed by atoms with Gasteiger partial charge in [0.2, 0.25) is 0 Å². The van der Waals surface area contributed by atoms with E-state index in [2.05, 4.69) is 24.1 Å². The zero-order valence-electron chi connectivity index (χ0n) is 13.1. The summed E-state index contributed by atoms with van der Waals surface area (Å²) >= 11 is 0. The highest BCUT2D eigenvalue weighted by molar-refractivity contribution is 5.54. The van der Waals surface area contributed by atoms with Gasteiger partial charge in [-0.05, 0) is 50.1 Å². The summed E-state index contributed by atoms with van der Waals surface area (Å²) in [4.78, 5) is 2.16. The van der Waals surface area contributed by atoms with Gasteiger partial charge in [-0.3, -0.25) is 0 Å². The van der Waals surface area contributed by atoms with Crippen LogP contribution in [0.3, 0.4) is 0 Å². The van der Waals surface area contributed by atoms with Crippen molar-refractivity contribution in [2.75, 3.05) is 38.8 Å². The molecular weight excluding hydrogens is 255 g/mol. The summed E-state index contributed by atoms with van der Waals surface area (Å²) in [6, 6.07) is 5.17. The second-order valence-electron chi connectivity index (χ2n) is 5.15. The monoisotopic (exact) mass is 282 g/mol. The number of halogens is 1. The van der Waals surface area contributed by atoms with Crippen LogP contribution in [-0.4, -0.2) is 33.9 Å². The van der Waals surface area contributed by atoms with Crippen molar-refractivity contribution in [2.24, 2.45) is 0 Å². The average molecular weight is 282 g/mol. The number of hydrogen-bond donors (Lipinski definition) is 1. The first-order chi connectivity index (χ1) is 9.60. The zero-order chi connectivity index (χ0) is 15.0. The molecule has 1 aromatic rings. The van der Waals surface area contributed by atoms with Crippen molar-refractivity contribution in [3.8, 4) is 0 Å². The minimum atomic E-state index is -0.181. The van der Waals surface area contributed by atoms with Crippen molar-refractivity contribution < 1.29 is 9.13 Å². The molecule has 1 atom stereocenters. The van der Waals surface area contributed by atoms with Gasteiger partial charge >= 0.3 is 0 Å². The molecule has 0 aliphatic carbocycles. The van der Waals surface area contributed by atoms with Gasteiger partial charge in [0.05, 0.1) is 0 Å². The smallest absolute Gasteiger partial charge is 0.123 e. The summed E-state index contributed by atoms with van der Waals surface area (Å²) < 4.78 is 18.6. The number of anilines is 1. The predicted octanol–water partition coefficient (Wildman–Crippen LogP) is 3.36. The summed E-state index contributed by atoms with van der Waals surface area (Å²) in [7, 11) is 3.75. The Balaban J connectivity index is 2.83. The van der Waals surface area contributed by atoms with Gasteiger partial charge in [0.15, 0.2) is 0 Å². The minimum absolute atomic E-state index is 0.144. The summed E-state index contributed by atoms with van der Waals surface area (Å²) in [5.74, 6) is -0.181. The second kappa shape index (κ2) is 8.93. The van der Waals surface area contributed by atoms with E-state index < -0.39 is 0 Å². The lowest BCUT2D eigenvalue weighted by Gasteiger charge is -2.25. The Kier molecular flexibility index (Phi) is 7.55.